The van der Waals surface area contributed by atoms with Gasteiger partial charge in [-0.05, 0) is 44.7 Å². The van der Waals surface area contributed by atoms with E-state index in [9.17, 15) is 0 Å². The first-order chi connectivity index (χ1) is 7.74. The van der Waals surface area contributed by atoms with Gasteiger partial charge in [-0.3, -0.25) is 0 Å². The van der Waals surface area contributed by atoms with Crippen molar-refractivity contribution in [3.63, 3.8) is 0 Å². The quantitative estimate of drug-likeness (QED) is 0.618. The van der Waals surface area contributed by atoms with E-state index in [0.717, 1.165) is 12.0 Å². The summed E-state index contributed by atoms with van der Waals surface area (Å²) in [4.78, 5) is 2.77. The van der Waals surface area contributed by atoms with Crippen LogP contribution in [-0.4, -0.2) is 24.0 Å². The minimum atomic E-state index is 0.878. The van der Waals surface area contributed by atoms with Crippen LogP contribution < -0.4 is 0 Å². The Morgan fingerprint density at radius 1 is 0.938 bits per heavy atom. The topological polar surface area (TPSA) is 3.24 Å². The van der Waals surface area contributed by atoms with Gasteiger partial charge in [-0.1, -0.05) is 46.5 Å². The van der Waals surface area contributed by atoms with E-state index in [2.05, 4.69) is 25.7 Å². The van der Waals surface area contributed by atoms with Crippen molar-refractivity contribution in [2.45, 2.75) is 78.2 Å². The van der Waals surface area contributed by atoms with Crippen molar-refractivity contribution in [3.05, 3.63) is 0 Å². The van der Waals surface area contributed by atoms with Gasteiger partial charge in [0, 0.05) is 6.04 Å². The van der Waals surface area contributed by atoms with Gasteiger partial charge in [-0.2, -0.15) is 0 Å². The lowest BCUT2D eigenvalue weighted by atomic mass is 9.97. The van der Waals surface area contributed by atoms with E-state index in [-0.39, 0.29) is 0 Å². The van der Waals surface area contributed by atoms with Gasteiger partial charge in [-0.15, -0.1) is 0 Å². The zero-order valence-corrected chi connectivity index (χ0v) is 11.7. The van der Waals surface area contributed by atoms with Crippen LogP contribution in [0.25, 0.3) is 0 Å². The summed E-state index contributed by atoms with van der Waals surface area (Å²) < 4.78 is 0. The summed E-state index contributed by atoms with van der Waals surface area (Å²) in [5.74, 6) is 0.878. The lowest BCUT2D eigenvalue weighted by Gasteiger charge is -2.34. The van der Waals surface area contributed by atoms with Crippen LogP contribution in [0.15, 0.2) is 0 Å². The average Bonchev–Trinajstić information content (AvgIpc) is 2.29. The number of likely N-dealkylation sites (tertiary alicyclic amines) is 1. The molecule has 0 spiro atoms. The molecule has 0 aromatic heterocycles. The second-order valence-corrected chi connectivity index (χ2v) is 5.86. The summed E-state index contributed by atoms with van der Waals surface area (Å²) >= 11 is 0. The number of hydrogen-bond acceptors (Lipinski definition) is 1. The van der Waals surface area contributed by atoms with E-state index in [4.69, 9.17) is 0 Å². The van der Waals surface area contributed by atoms with E-state index in [1.165, 1.54) is 64.5 Å². The van der Waals surface area contributed by atoms with Crippen molar-refractivity contribution in [2.24, 2.45) is 5.92 Å². The summed E-state index contributed by atoms with van der Waals surface area (Å²) in [6.07, 6.45) is 11.4. The molecular weight excluding hydrogens is 194 g/mol. The zero-order chi connectivity index (χ0) is 11.8. The molecule has 1 saturated heterocycles. The van der Waals surface area contributed by atoms with Gasteiger partial charge >= 0.3 is 0 Å². The zero-order valence-electron chi connectivity index (χ0n) is 11.7. The monoisotopic (exact) mass is 225 g/mol. The Morgan fingerprint density at radius 3 is 2.19 bits per heavy atom. The van der Waals surface area contributed by atoms with Gasteiger partial charge in [0.05, 0.1) is 0 Å². The van der Waals surface area contributed by atoms with E-state index in [0.29, 0.717) is 0 Å². The molecule has 1 aliphatic heterocycles. The van der Waals surface area contributed by atoms with Crippen molar-refractivity contribution in [3.8, 4) is 0 Å². The molecule has 1 unspecified atom stereocenters. The predicted octanol–water partition coefficient (Wildman–Crippen LogP) is 4.47. The second-order valence-electron chi connectivity index (χ2n) is 5.86. The smallest absolute Gasteiger partial charge is 0.00951 e. The third-order valence-corrected chi connectivity index (χ3v) is 3.85. The van der Waals surface area contributed by atoms with E-state index in [1.807, 2.05) is 0 Å². The van der Waals surface area contributed by atoms with Gasteiger partial charge < -0.3 is 4.90 Å². The standard InChI is InChI=1S/C15H31N/c1-4-9-15(11-8-10-14(2)3)16-12-6-5-7-13-16/h14-15H,4-13H2,1-3H3. The molecule has 16 heavy (non-hydrogen) atoms. The van der Waals surface area contributed by atoms with Crippen LogP contribution in [-0.2, 0) is 0 Å². The molecule has 1 atom stereocenters. The lowest BCUT2D eigenvalue weighted by molar-refractivity contribution is 0.143. The summed E-state index contributed by atoms with van der Waals surface area (Å²) in [7, 11) is 0. The molecule has 0 amide bonds. The average molecular weight is 225 g/mol. The molecular formula is C15H31N. The summed E-state index contributed by atoms with van der Waals surface area (Å²) in [5.41, 5.74) is 0. The Labute approximate surface area is 103 Å². The van der Waals surface area contributed by atoms with Crippen molar-refractivity contribution in [2.75, 3.05) is 13.1 Å². The molecule has 1 heterocycles. The Balaban J connectivity index is 2.27. The molecule has 96 valence electrons. The number of nitrogens with zero attached hydrogens (tertiary/aromatic N) is 1. The molecule has 1 fully saturated rings. The maximum Gasteiger partial charge on any atom is 0.00951 e. The second kappa shape index (κ2) is 8.11. The fourth-order valence-electron chi connectivity index (χ4n) is 2.89. The van der Waals surface area contributed by atoms with Crippen molar-refractivity contribution in [1.82, 2.24) is 4.90 Å². The van der Waals surface area contributed by atoms with Crippen LogP contribution in [0, 0.1) is 5.92 Å². The van der Waals surface area contributed by atoms with Crippen LogP contribution in [0.4, 0.5) is 0 Å². The molecule has 0 radical (unpaired) electrons. The molecule has 1 heteroatoms. The molecule has 0 saturated carbocycles. The van der Waals surface area contributed by atoms with Gasteiger partial charge in [-0.25, -0.2) is 0 Å². The molecule has 1 rings (SSSR count). The fraction of sp³-hybridized carbons (Fsp3) is 1.00. The molecule has 0 N–H and O–H groups in total. The lowest BCUT2D eigenvalue weighted by Crippen LogP contribution is -2.39. The predicted molar refractivity (Wildman–Crippen MR) is 72.8 cm³/mol. The van der Waals surface area contributed by atoms with Crippen molar-refractivity contribution in [1.29, 1.82) is 0 Å². The summed E-state index contributed by atoms with van der Waals surface area (Å²) in [6.45, 7) is 9.75. The van der Waals surface area contributed by atoms with Crippen LogP contribution >= 0.6 is 0 Å². The van der Waals surface area contributed by atoms with Gasteiger partial charge in [0.25, 0.3) is 0 Å². The Hall–Kier alpha value is -0.0400. The summed E-state index contributed by atoms with van der Waals surface area (Å²) in [5, 5.41) is 0. The molecule has 0 aromatic carbocycles. The minimum Gasteiger partial charge on any atom is -0.300 e. The van der Waals surface area contributed by atoms with E-state index < -0.39 is 0 Å². The van der Waals surface area contributed by atoms with Crippen molar-refractivity contribution >= 4 is 0 Å². The van der Waals surface area contributed by atoms with E-state index in [1.54, 1.807) is 0 Å². The van der Waals surface area contributed by atoms with Crippen LogP contribution in [0.1, 0.15) is 72.1 Å². The molecule has 1 aliphatic rings. The Morgan fingerprint density at radius 2 is 1.62 bits per heavy atom. The Kier molecular flexibility index (Phi) is 7.11. The van der Waals surface area contributed by atoms with E-state index >= 15 is 0 Å². The SMILES string of the molecule is CCCC(CCCC(C)C)N1CCCCC1. The highest BCUT2D eigenvalue weighted by Gasteiger charge is 2.19. The fourth-order valence-corrected chi connectivity index (χ4v) is 2.89. The highest BCUT2D eigenvalue weighted by Crippen LogP contribution is 2.20. The Bertz CT molecular complexity index is 159. The molecule has 1 nitrogen and oxygen atoms in total. The highest BCUT2D eigenvalue weighted by atomic mass is 15.2. The maximum atomic E-state index is 2.77. The highest BCUT2D eigenvalue weighted by molar-refractivity contribution is 4.75. The van der Waals surface area contributed by atoms with Crippen LogP contribution in [0.5, 0.6) is 0 Å². The maximum absolute atomic E-state index is 2.77. The van der Waals surface area contributed by atoms with Gasteiger partial charge in [0.15, 0.2) is 0 Å². The van der Waals surface area contributed by atoms with Crippen LogP contribution in [0.2, 0.25) is 0 Å². The first kappa shape index (κ1) is 14.0. The third kappa shape index (κ3) is 5.34. The number of rotatable bonds is 7. The van der Waals surface area contributed by atoms with Crippen molar-refractivity contribution < 1.29 is 0 Å². The molecule has 0 bridgehead atoms. The first-order valence-corrected chi connectivity index (χ1v) is 7.48. The first-order valence-electron chi connectivity index (χ1n) is 7.48. The normalized spacial score (nSPS) is 20.2. The molecule has 0 aliphatic carbocycles. The van der Waals surface area contributed by atoms with Crippen LogP contribution in [0.3, 0.4) is 0 Å². The van der Waals surface area contributed by atoms with Gasteiger partial charge in [0.1, 0.15) is 0 Å². The minimum absolute atomic E-state index is 0.878. The largest absolute Gasteiger partial charge is 0.300 e. The number of hydrogen-bond donors (Lipinski definition) is 0. The summed E-state index contributed by atoms with van der Waals surface area (Å²) in [6, 6.07) is 0.893. The molecule has 0 aromatic rings. The number of piperidine rings is 1. The van der Waals surface area contributed by atoms with Gasteiger partial charge in [0.2, 0.25) is 0 Å². The third-order valence-electron chi connectivity index (χ3n) is 3.85.